The average Bonchev–Trinajstić information content (AvgIpc) is 2.96. The summed E-state index contributed by atoms with van der Waals surface area (Å²) in [4.78, 5) is 36.2. The Kier molecular flexibility index (Phi) is 4.05. The van der Waals surface area contributed by atoms with Crippen molar-refractivity contribution in [3.8, 4) is 0 Å². The molecule has 116 valence electrons. The number of nitrogens with one attached hydrogen (secondary N) is 2. The summed E-state index contributed by atoms with van der Waals surface area (Å²) in [6.45, 7) is 0. The SMILES string of the molecule is O=C1CSc2ccc(C(=O)NC3(C(=O)O)CCSC3)cc2N1. The average molecular weight is 338 g/mol. The third-order valence-corrected chi connectivity index (χ3v) is 5.92. The summed E-state index contributed by atoms with van der Waals surface area (Å²) in [5.41, 5.74) is -0.256. The van der Waals surface area contributed by atoms with Crippen LogP contribution in [-0.4, -0.2) is 45.7 Å². The maximum absolute atomic E-state index is 12.4. The molecule has 6 nitrogen and oxygen atoms in total. The van der Waals surface area contributed by atoms with Crippen LogP contribution in [0.5, 0.6) is 0 Å². The van der Waals surface area contributed by atoms with Crippen molar-refractivity contribution in [3.63, 3.8) is 0 Å². The molecule has 2 amide bonds. The Bertz CT molecular complexity index is 656. The lowest BCUT2D eigenvalue weighted by molar-refractivity contribution is -0.143. The van der Waals surface area contributed by atoms with Crippen molar-refractivity contribution < 1.29 is 19.5 Å². The lowest BCUT2D eigenvalue weighted by atomic mass is 9.98. The minimum absolute atomic E-state index is 0.107. The number of benzene rings is 1. The van der Waals surface area contributed by atoms with Gasteiger partial charge in [-0.25, -0.2) is 4.79 Å². The van der Waals surface area contributed by atoms with Crippen LogP contribution in [0.3, 0.4) is 0 Å². The second-order valence-corrected chi connectivity index (χ2v) is 7.31. The van der Waals surface area contributed by atoms with Crippen molar-refractivity contribution >= 4 is 47.0 Å². The van der Waals surface area contributed by atoms with Crippen LogP contribution in [0.4, 0.5) is 5.69 Å². The number of aliphatic carboxylic acids is 1. The van der Waals surface area contributed by atoms with Gasteiger partial charge in [-0.05, 0) is 30.4 Å². The highest BCUT2D eigenvalue weighted by atomic mass is 32.2. The topological polar surface area (TPSA) is 95.5 Å². The quantitative estimate of drug-likeness (QED) is 0.771. The molecular formula is C14H14N2O4S2. The summed E-state index contributed by atoms with van der Waals surface area (Å²) >= 11 is 2.93. The maximum atomic E-state index is 12.4. The smallest absolute Gasteiger partial charge is 0.330 e. The Morgan fingerprint density at radius 1 is 1.36 bits per heavy atom. The largest absolute Gasteiger partial charge is 0.479 e. The van der Waals surface area contributed by atoms with Gasteiger partial charge in [-0.2, -0.15) is 11.8 Å². The maximum Gasteiger partial charge on any atom is 0.330 e. The number of carbonyl (C=O) groups excluding carboxylic acids is 2. The van der Waals surface area contributed by atoms with Gasteiger partial charge in [0.25, 0.3) is 5.91 Å². The number of thioether (sulfide) groups is 2. The van der Waals surface area contributed by atoms with E-state index in [2.05, 4.69) is 10.6 Å². The van der Waals surface area contributed by atoms with Gasteiger partial charge in [0.05, 0.1) is 11.4 Å². The van der Waals surface area contributed by atoms with Crippen molar-refractivity contribution in [1.29, 1.82) is 0 Å². The summed E-state index contributed by atoms with van der Waals surface area (Å²) < 4.78 is 0. The number of anilines is 1. The fourth-order valence-electron chi connectivity index (χ4n) is 2.40. The van der Waals surface area contributed by atoms with E-state index in [4.69, 9.17) is 0 Å². The molecule has 0 aliphatic carbocycles. The Morgan fingerprint density at radius 3 is 2.86 bits per heavy atom. The number of carboxylic acid groups (broad SMARTS) is 1. The van der Waals surface area contributed by atoms with Gasteiger partial charge in [-0.3, -0.25) is 9.59 Å². The summed E-state index contributed by atoms with van der Waals surface area (Å²) in [5.74, 6) is -0.109. The van der Waals surface area contributed by atoms with Crippen molar-refractivity contribution in [2.45, 2.75) is 16.9 Å². The molecule has 3 N–H and O–H groups in total. The molecule has 2 aliphatic rings. The van der Waals surface area contributed by atoms with Crippen LogP contribution < -0.4 is 10.6 Å². The van der Waals surface area contributed by atoms with E-state index < -0.39 is 17.4 Å². The number of fused-ring (bicyclic) bond motifs is 1. The zero-order valence-corrected chi connectivity index (χ0v) is 13.2. The van der Waals surface area contributed by atoms with Gasteiger partial charge in [-0.1, -0.05) is 0 Å². The van der Waals surface area contributed by atoms with Gasteiger partial charge in [0.1, 0.15) is 5.54 Å². The lowest BCUT2D eigenvalue weighted by Crippen LogP contribution is -2.54. The van der Waals surface area contributed by atoms with Gasteiger partial charge >= 0.3 is 5.97 Å². The van der Waals surface area contributed by atoms with E-state index in [9.17, 15) is 19.5 Å². The zero-order valence-electron chi connectivity index (χ0n) is 11.5. The predicted octanol–water partition coefficient (Wildman–Crippen LogP) is 1.42. The Hall–Kier alpha value is -1.67. The Morgan fingerprint density at radius 2 is 2.18 bits per heavy atom. The first-order valence-corrected chi connectivity index (χ1v) is 8.85. The molecule has 1 saturated heterocycles. The van der Waals surface area contributed by atoms with Crippen molar-refractivity contribution in [2.24, 2.45) is 0 Å². The predicted molar refractivity (Wildman–Crippen MR) is 85.6 cm³/mol. The molecule has 2 heterocycles. The third kappa shape index (κ3) is 2.80. The van der Waals surface area contributed by atoms with Gasteiger partial charge in [0.15, 0.2) is 0 Å². The van der Waals surface area contributed by atoms with Gasteiger partial charge < -0.3 is 15.7 Å². The number of hydrogen-bond donors (Lipinski definition) is 3. The molecule has 0 aromatic heterocycles. The highest BCUT2D eigenvalue weighted by Gasteiger charge is 2.43. The molecular weight excluding hydrogens is 324 g/mol. The van der Waals surface area contributed by atoms with E-state index >= 15 is 0 Å². The van der Waals surface area contributed by atoms with Gasteiger partial charge in [0.2, 0.25) is 5.91 Å². The molecule has 1 atom stereocenters. The fourth-order valence-corrected chi connectivity index (χ4v) is 4.51. The van der Waals surface area contributed by atoms with E-state index in [-0.39, 0.29) is 5.91 Å². The summed E-state index contributed by atoms with van der Waals surface area (Å²) in [7, 11) is 0. The second kappa shape index (κ2) is 5.85. The third-order valence-electron chi connectivity index (χ3n) is 3.66. The molecule has 2 aliphatic heterocycles. The molecule has 22 heavy (non-hydrogen) atoms. The van der Waals surface area contributed by atoms with Gasteiger partial charge in [-0.15, -0.1) is 11.8 Å². The van der Waals surface area contributed by atoms with E-state index in [0.717, 1.165) is 4.90 Å². The summed E-state index contributed by atoms with van der Waals surface area (Å²) in [6.07, 6.45) is 0.413. The number of amides is 2. The molecule has 0 spiro atoms. The Balaban J connectivity index is 1.82. The molecule has 1 aromatic rings. The van der Waals surface area contributed by atoms with Gasteiger partial charge in [0, 0.05) is 16.2 Å². The molecule has 8 heteroatoms. The number of rotatable bonds is 3. The standard InChI is InChI=1S/C14H14N2O4S2/c17-11-6-22-10-2-1-8(5-9(10)15-11)12(18)16-14(13(19)20)3-4-21-7-14/h1-2,5H,3-4,6-7H2,(H,15,17)(H,16,18)(H,19,20). The molecule has 0 radical (unpaired) electrons. The second-order valence-electron chi connectivity index (χ2n) is 5.19. The molecule has 3 rings (SSSR count). The summed E-state index contributed by atoms with van der Waals surface area (Å²) in [6, 6.07) is 5.01. The van der Waals surface area contributed by atoms with E-state index in [1.54, 1.807) is 18.2 Å². The van der Waals surface area contributed by atoms with E-state index in [1.165, 1.54) is 23.5 Å². The highest BCUT2D eigenvalue weighted by molar-refractivity contribution is 8.00. The van der Waals surface area contributed by atoms with Crippen LogP contribution in [0.1, 0.15) is 16.8 Å². The van der Waals surface area contributed by atoms with Crippen LogP contribution in [0, 0.1) is 0 Å². The molecule has 1 unspecified atom stereocenters. The normalized spacial score (nSPS) is 23.5. The van der Waals surface area contributed by atoms with Crippen LogP contribution >= 0.6 is 23.5 Å². The molecule has 1 fully saturated rings. The minimum Gasteiger partial charge on any atom is -0.479 e. The number of carbonyl (C=O) groups is 3. The summed E-state index contributed by atoms with van der Waals surface area (Å²) in [5, 5.41) is 14.8. The molecule has 0 bridgehead atoms. The van der Waals surface area contributed by atoms with E-state index in [1.807, 2.05) is 0 Å². The first kappa shape index (κ1) is 15.2. The van der Waals surface area contributed by atoms with Crippen LogP contribution in [0.25, 0.3) is 0 Å². The number of carboxylic acids is 1. The first-order valence-electron chi connectivity index (χ1n) is 6.70. The lowest BCUT2D eigenvalue weighted by Gasteiger charge is -2.25. The zero-order chi connectivity index (χ0) is 15.7. The number of hydrogen-bond acceptors (Lipinski definition) is 5. The highest BCUT2D eigenvalue weighted by Crippen LogP contribution is 2.33. The van der Waals surface area contributed by atoms with Crippen molar-refractivity contribution in [3.05, 3.63) is 23.8 Å². The van der Waals surface area contributed by atoms with Crippen molar-refractivity contribution in [1.82, 2.24) is 5.32 Å². The molecule has 1 aromatic carbocycles. The molecule has 0 saturated carbocycles. The fraction of sp³-hybridized carbons (Fsp3) is 0.357. The van der Waals surface area contributed by atoms with Crippen LogP contribution in [0.2, 0.25) is 0 Å². The Labute approximate surface area is 135 Å². The first-order chi connectivity index (χ1) is 10.5. The van der Waals surface area contributed by atoms with Crippen molar-refractivity contribution in [2.75, 3.05) is 22.6 Å². The minimum atomic E-state index is -1.20. The van der Waals surface area contributed by atoms with Crippen LogP contribution in [-0.2, 0) is 9.59 Å². The monoisotopic (exact) mass is 338 g/mol. The van der Waals surface area contributed by atoms with E-state index in [0.29, 0.717) is 34.9 Å². The van der Waals surface area contributed by atoms with Crippen LogP contribution in [0.15, 0.2) is 23.1 Å².